The second-order valence-corrected chi connectivity index (χ2v) is 6.89. The highest BCUT2D eigenvalue weighted by Gasteiger charge is 2.53. The van der Waals surface area contributed by atoms with E-state index in [-0.39, 0.29) is 6.54 Å². The van der Waals surface area contributed by atoms with Gasteiger partial charge in [0.05, 0.1) is 6.61 Å². The second kappa shape index (κ2) is 8.39. The molecule has 3 N–H and O–H groups in total. The molecule has 1 atom stereocenters. The summed E-state index contributed by atoms with van der Waals surface area (Å²) in [7, 11) is 1.49. The van der Waals surface area contributed by atoms with Crippen molar-refractivity contribution in [2.45, 2.75) is 31.2 Å². The quantitative estimate of drug-likeness (QED) is 0.505. The van der Waals surface area contributed by atoms with Gasteiger partial charge in [0.25, 0.3) is 5.91 Å². The summed E-state index contributed by atoms with van der Waals surface area (Å²) in [5.41, 5.74) is 0.661. The summed E-state index contributed by atoms with van der Waals surface area (Å²) in [5, 5.41) is 7.36. The van der Waals surface area contributed by atoms with Gasteiger partial charge in [0.1, 0.15) is 12.1 Å². The van der Waals surface area contributed by atoms with Gasteiger partial charge in [-0.05, 0) is 36.8 Å². The Morgan fingerprint density at radius 3 is 2.82 bits per heavy atom. The Balaban J connectivity index is 1.72. The van der Waals surface area contributed by atoms with Crippen molar-refractivity contribution in [1.29, 1.82) is 0 Å². The van der Waals surface area contributed by atoms with E-state index in [1.54, 1.807) is 0 Å². The molecule has 0 bridgehead atoms. The zero-order valence-corrected chi connectivity index (χ0v) is 15.7. The standard InChI is InChI=1S/C19H24N4O5/c1-28-11-10-20-17(26)21-15(24)12-23-16(25)19(22-18(23)27)9-5-4-7-13-6-2-3-8-14(13)19/h2-3,6,8H,4-5,7,9-12H2,1H3,(H,22,27)(H2,20,21,24,26). The summed E-state index contributed by atoms with van der Waals surface area (Å²) in [5.74, 6) is -1.20. The fraction of sp³-hybridized carbons (Fsp3) is 0.474. The number of nitrogens with zero attached hydrogens (tertiary/aromatic N) is 1. The van der Waals surface area contributed by atoms with Gasteiger partial charge in [0, 0.05) is 13.7 Å². The lowest BCUT2D eigenvalue weighted by molar-refractivity contribution is -0.135. The maximum atomic E-state index is 13.2. The molecule has 150 valence electrons. The predicted octanol–water partition coefficient (Wildman–Crippen LogP) is 0.632. The van der Waals surface area contributed by atoms with E-state index in [4.69, 9.17) is 4.74 Å². The molecule has 1 aliphatic heterocycles. The topological polar surface area (TPSA) is 117 Å². The molecule has 1 spiro atoms. The molecule has 1 heterocycles. The van der Waals surface area contributed by atoms with Gasteiger partial charge in [-0.3, -0.25) is 19.8 Å². The normalized spacial score (nSPS) is 21.1. The van der Waals surface area contributed by atoms with E-state index in [0.717, 1.165) is 35.3 Å². The van der Waals surface area contributed by atoms with Crippen LogP contribution in [0.1, 0.15) is 30.4 Å². The first-order valence-corrected chi connectivity index (χ1v) is 9.27. The molecule has 3 rings (SSSR count). The Morgan fingerprint density at radius 1 is 1.25 bits per heavy atom. The molecule has 1 fully saturated rings. The van der Waals surface area contributed by atoms with Crippen LogP contribution in [0.3, 0.4) is 0 Å². The SMILES string of the molecule is COCCNC(=O)NC(=O)CN1C(=O)NC2(CCCCc3ccccc32)C1=O. The highest BCUT2D eigenvalue weighted by atomic mass is 16.5. The average molecular weight is 388 g/mol. The number of hydrogen-bond donors (Lipinski definition) is 3. The number of carbonyl (C=O) groups is 4. The monoisotopic (exact) mass is 388 g/mol. The molecule has 9 nitrogen and oxygen atoms in total. The van der Waals surface area contributed by atoms with Crippen LogP contribution >= 0.6 is 0 Å². The maximum Gasteiger partial charge on any atom is 0.325 e. The predicted molar refractivity (Wildman–Crippen MR) is 99.3 cm³/mol. The summed E-state index contributed by atoms with van der Waals surface area (Å²) in [6.45, 7) is 0.0154. The first-order valence-electron chi connectivity index (χ1n) is 9.27. The van der Waals surface area contributed by atoms with Crippen LogP contribution in [0.25, 0.3) is 0 Å². The number of rotatable bonds is 5. The minimum Gasteiger partial charge on any atom is -0.383 e. The Morgan fingerprint density at radius 2 is 2.04 bits per heavy atom. The third-order valence-electron chi connectivity index (χ3n) is 5.05. The average Bonchev–Trinajstić information content (AvgIpc) is 2.81. The van der Waals surface area contributed by atoms with Crippen LogP contribution in [0.5, 0.6) is 0 Å². The third kappa shape index (κ3) is 3.84. The van der Waals surface area contributed by atoms with Crippen molar-refractivity contribution >= 4 is 23.9 Å². The summed E-state index contributed by atoms with van der Waals surface area (Å²) in [6.07, 6.45) is 3.01. The van der Waals surface area contributed by atoms with Gasteiger partial charge in [-0.25, -0.2) is 9.59 Å². The molecule has 1 aromatic rings. The molecule has 2 aliphatic rings. The van der Waals surface area contributed by atoms with Crippen molar-refractivity contribution in [3.8, 4) is 0 Å². The van der Waals surface area contributed by atoms with Gasteiger partial charge in [0.2, 0.25) is 5.91 Å². The second-order valence-electron chi connectivity index (χ2n) is 6.89. The largest absolute Gasteiger partial charge is 0.383 e. The molecular weight excluding hydrogens is 364 g/mol. The lowest BCUT2D eigenvalue weighted by Gasteiger charge is -2.27. The Labute approximate surface area is 162 Å². The van der Waals surface area contributed by atoms with E-state index in [2.05, 4.69) is 16.0 Å². The molecular formula is C19H24N4O5. The minimum atomic E-state index is -1.15. The van der Waals surface area contributed by atoms with Crippen LogP contribution in [-0.4, -0.2) is 55.6 Å². The van der Waals surface area contributed by atoms with Crippen LogP contribution in [-0.2, 0) is 26.3 Å². The molecule has 0 aromatic heterocycles. The molecule has 9 heteroatoms. The highest BCUT2D eigenvalue weighted by Crippen LogP contribution is 2.38. The molecule has 6 amide bonds. The first kappa shape index (κ1) is 19.8. The minimum absolute atomic E-state index is 0.235. The fourth-order valence-corrected chi connectivity index (χ4v) is 3.74. The Hall–Kier alpha value is -2.94. The number of aryl methyl sites for hydroxylation is 1. The van der Waals surface area contributed by atoms with Crippen LogP contribution in [0, 0.1) is 0 Å². The lowest BCUT2D eigenvalue weighted by atomic mass is 9.84. The van der Waals surface area contributed by atoms with Crippen LogP contribution in [0.15, 0.2) is 24.3 Å². The van der Waals surface area contributed by atoms with E-state index in [1.807, 2.05) is 24.3 Å². The third-order valence-corrected chi connectivity index (χ3v) is 5.05. The van der Waals surface area contributed by atoms with Gasteiger partial charge in [-0.1, -0.05) is 24.3 Å². The molecule has 1 saturated heterocycles. The number of imide groups is 2. The van der Waals surface area contributed by atoms with Gasteiger partial charge in [-0.15, -0.1) is 0 Å². The van der Waals surface area contributed by atoms with Crippen LogP contribution in [0.2, 0.25) is 0 Å². The number of hydrogen-bond acceptors (Lipinski definition) is 5. The molecule has 1 unspecified atom stereocenters. The number of amides is 6. The molecule has 1 aliphatic carbocycles. The number of ether oxygens (including phenoxy) is 1. The Bertz CT molecular complexity index is 796. The van der Waals surface area contributed by atoms with Crippen molar-refractivity contribution in [2.24, 2.45) is 0 Å². The van der Waals surface area contributed by atoms with E-state index in [1.165, 1.54) is 7.11 Å². The molecule has 1 aromatic carbocycles. The molecule has 0 radical (unpaired) electrons. The Kier molecular flexibility index (Phi) is 5.93. The zero-order valence-electron chi connectivity index (χ0n) is 15.7. The van der Waals surface area contributed by atoms with Crippen molar-refractivity contribution in [1.82, 2.24) is 20.9 Å². The van der Waals surface area contributed by atoms with E-state index in [9.17, 15) is 19.2 Å². The van der Waals surface area contributed by atoms with Crippen LogP contribution < -0.4 is 16.0 Å². The number of nitrogens with one attached hydrogen (secondary N) is 3. The first-order chi connectivity index (χ1) is 13.5. The van der Waals surface area contributed by atoms with Crippen molar-refractivity contribution in [2.75, 3.05) is 26.8 Å². The van der Waals surface area contributed by atoms with Gasteiger partial charge in [0.15, 0.2) is 0 Å². The maximum absolute atomic E-state index is 13.2. The van der Waals surface area contributed by atoms with Crippen molar-refractivity contribution in [3.63, 3.8) is 0 Å². The van der Waals surface area contributed by atoms with E-state index >= 15 is 0 Å². The van der Waals surface area contributed by atoms with Gasteiger partial charge < -0.3 is 15.4 Å². The lowest BCUT2D eigenvalue weighted by Crippen LogP contribution is -2.47. The summed E-state index contributed by atoms with van der Waals surface area (Å²) in [4.78, 5) is 50.4. The number of methoxy groups -OCH3 is 1. The number of fused-ring (bicyclic) bond motifs is 2. The van der Waals surface area contributed by atoms with Gasteiger partial charge in [-0.2, -0.15) is 0 Å². The highest BCUT2D eigenvalue weighted by molar-refractivity contribution is 6.10. The van der Waals surface area contributed by atoms with Crippen molar-refractivity contribution in [3.05, 3.63) is 35.4 Å². The van der Waals surface area contributed by atoms with Crippen molar-refractivity contribution < 1.29 is 23.9 Å². The van der Waals surface area contributed by atoms with Gasteiger partial charge >= 0.3 is 12.1 Å². The molecule has 28 heavy (non-hydrogen) atoms. The number of benzene rings is 1. The summed E-state index contributed by atoms with van der Waals surface area (Å²) >= 11 is 0. The smallest absolute Gasteiger partial charge is 0.325 e. The number of urea groups is 2. The zero-order chi connectivity index (χ0) is 20.1. The molecule has 0 saturated carbocycles. The van der Waals surface area contributed by atoms with E-state index in [0.29, 0.717) is 13.0 Å². The fourth-order valence-electron chi connectivity index (χ4n) is 3.74. The number of carbonyl (C=O) groups excluding carboxylic acids is 4. The summed E-state index contributed by atoms with van der Waals surface area (Å²) in [6, 6.07) is 6.23. The van der Waals surface area contributed by atoms with Crippen LogP contribution in [0.4, 0.5) is 9.59 Å². The summed E-state index contributed by atoms with van der Waals surface area (Å²) < 4.78 is 4.80. The van der Waals surface area contributed by atoms with E-state index < -0.39 is 36.0 Å².